The third kappa shape index (κ3) is 3.56. The van der Waals surface area contributed by atoms with Crippen LogP contribution in [0.1, 0.15) is 57.1 Å². The van der Waals surface area contributed by atoms with Gasteiger partial charge in [0.15, 0.2) is 0 Å². The highest BCUT2D eigenvalue weighted by molar-refractivity contribution is 5.75. The molecular weight excluding hydrogens is 262 g/mol. The highest BCUT2D eigenvalue weighted by Crippen LogP contribution is 2.28. The van der Waals surface area contributed by atoms with Gasteiger partial charge < -0.3 is 15.3 Å². The minimum absolute atomic E-state index is 0.140. The van der Waals surface area contributed by atoms with Crippen molar-refractivity contribution in [2.75, 3.05) is 6.54 Å². The van der Waals surface area contributed by atoms with E-state index >= 15 is 0 Å². The fourth-order valence-corrected chi connectivity index (χ4v) is 3.45. The number of rotatable bonds is 6. The number of nitrogens with one attached hydrogen (secondary N) is 3. The van der Waals surface area contributed by atoms with E-state index in [-0.39, 0.29) is 5.69 Å². The summed E-state index contributed by atoms with van der Waals surface area (Å²) in [6.07, 6.45) is 8.37. The van der Waals surface area contributed by atoms with Crippen molar-refractivity contribution in [3.63, 3.8) is 0 Å². The number of imidazole rings is 1. The minimum atomic E-state index is -0.140. The molecule has 114 valence electrons. The van der Waals surface area contributed by atoms with Gasteiger partial charge in [-0.2, -0.15) is 0 Å². The van der Waals surface area contributed by atoms with Crippen molar-refractivity contribution < 1.29 is 0 Å². The Labute approximate surface area is 125 Å². The summed E-state index contributed by atoms with van der Waals surface area (Å²) in [5, 5.41) is 3.59. The lowest BCUT2D eigenvalue weighted by atomic mass is 10.0. The number of hydrogen-bond acceptors (Lipinski definition) is 2. The molecule has 0 saturated heterocycles. The Morgan fingerprint density at radius 1 is 1.24 bits per heavy atom. The summed E-state index contributed by atoms with van der Waals surface area (Å²) in [7, 11) is 0. The molecule has 0 spiro atoms. The van der Waals surface area contributed by atoms with E-state index in [9.17, 15) is 4.79 Å². The van der Waals surface area contributed by atoms with Crippen molar-refractivity contribution in [3.05, 3.63) is 34.2 Å². The molecule has 1 heterocycles. The lowest BCUT2D eigenvalue weighted by molar-refractivity contribution is 0.456. The van der Waals surface area contributed by atoms with Gasteiger partial charge >= 0.3 is 5.69 Å². The van der Waals surface area contributed by atoms with Crippen LogP contribution in [-0.2, 0) is 0 Å². The highest BCUT2D eigenvalue weighted by Gasteiger charge is 2.14. The maximum atomic E-state index is 11.3. The number of aromatic amines is 2. The molecule has 0 amide bonds. The number of aromatic nitrogens is 2. The first-order chi connectivity index (χ1) is 10.2. The van der Waals surface area contributed by atoms with Gasteiger partial charge in [0.25, 0.3) is 0 Å². The molecule has 1 fully saturated rings. The average Bonchev–Trinajstić information content (AvgIpc) is 3.10. The molecule has 1 aliphatic carbocycles. The summed E-state index contributed by atoms with van der Waals surface area (Å²) < 4.78 is 0. The van der Waals surface area contributed by atoms with Gasteiger partial charge in [-0.3, -0.25) is 0 Å². The Morgan fingerprint density at radius 2 is 2.00 bits per heavy atom. The lowest BCUT2D eigenvalue weighted by Crippen LogP contribution is -2.20. The molecule has 0 radical (unpaired) electrons. The molecule has 1 aromatic heterocycles. The monoisotopic (exact) mass is 287 g/mol. The van der Waals surface area contributed by atoms with Gasteiger partial charge in [0.2, 0.25) is 0 Å². The lowest BCUT2D eigenvalue weighted by Gasteiger charge is -2.15. The van der Waals surface area contributed by atoms with Crippen molar-refractivity contribution in [1.29, 1.82) is 0 Å². The predicted octanol–water partition coefficient (Wildman–Crippen LogP) is 3.48. The summed E-state index contributed by atoms with van der Waals surface area (Å²) in [6, 6.07) is 6.43. The molecule has 4 heteroatoms. The second-order valence-electron chi connectivity index (χ2n) is 6.35. The van der Waals surface area contributed by atoms with Crippen molar-refractivity contribution in [2.24, 2.45) is 5.92 Å². The van der Waals surface area contributed by atoms with E-state index < -0.39 is 0 Å². The minimum Gasteiger partial charge on any atom is -0.310 e. The van der Waals surface area contributed by atoms with E-state index in [0.29, 0.717) is 6.04 Å². The molecular formula is C17H25N3O. The van der Waals surface area contributed by atoms with Crippen LogP contribution in [-0.4, -0.2) is 16.5 Å². The summed E-state index contributed by atoms with van der Waals surface area (Å²) in [5.74, 6) is 0.975. The van der Waals surface area contributed by atoms with Gasteiger partial charge in [-0.25, -0.2) is 4.79 Å². The van der Waals surface area contributed by atoms with Gasteiger partial charge in [0, 0.05) is 6.04 Å². The molecule has 1 aliphatic rings. The average molecular weight is 287 g/mol. The van der Waals surface area contributed by atoms with Gasteiger partial charge in [-0.15, -0.1) is 0 Å². The normalized spacial score (nSPS) is 17.6. The Hall–Kier alpha value is -1.55. The number of H-pyrrole nitrogens is 2. The first kappa shape index (κ1) is 14.4. The first-order valence-electron chi connectivity index (χ1n) is 8.18. The van der Waals surface area contributed by atoms with Crippen molar-refractivity contribution >= 4 is 11.0 Å². The molecule has 1 unspecified atom stereocenters. The third-order valence-corrected chi connectivity index (χ3v) is 4.75. The van der Waals surface area contributed by atoms with E-state index in [1.54, 1.807) is 0 Å². The Bertz CT molecular complexity index is 637. The fraction of sp³-hybridized carbons (Fsp3) is 0.588. The number of fused-ring (bicyclic) bond motifs is 1. The van der Waals surface area contributed by atoms with Crippen LogP contribution < -0.4 is 11.0 Å². The van der Waals surface area contributed by atoms with Crippen LogP contribution in [0.2, 0.25) is 0 Å². The summed E-state index contributed by atoms with van der Waals surface area (Å²) >= 11 is 0. The Kier molecular flexibility index (Phi) is 4.44. The quantitative estimate of drug-likeness (QED) is 0.712. The van der Waals surface area contributed by atoms with Gasteiger partial charge in [0.05, 0.1) is 11.0 Å². The van der Waals surface area contributed by atoms with E-state index in [1.165, 1.54) is 44.1 Å². The fourth-order valence-electron chi connectivity index (χ4n) is 3.45. The van der Waals surface area contributed by atoms with Gasteiger partial charge in [-0.05, 0) is 49.9 Å². The maximum absolute atomic E-state index is 11.3. The topological polar surface area (TPSA) is 60.7 Å². The van der Waals surface area contributed by atoms with E-state index in [4.69, 9.17) is 0 Å². The van der Waals surface area contributed by atoms with E-state index in [1.807, 2.05) is 6.07 Å². The zero-order valence-corrected chi connectivity index (χ0v) is 12.7. The van der Waals surface area contributed by atoms with E-state index in [0.717, 1.165) is 23.5 Å². The molecule has 1 aromatic carbocycles. The Morgan fingerprint density at radius 3 is 2.81 bits per heavy atom. The molecule has 4 nitrogen and oxygen atoms in total. The van der Waals surface area contributed by atoms with Crippen LogP contribution in [0.5, 0.6) is 0 Å². The van der Waals surface area contributed by atoms with Gasteiger partial charge in [-0.1, -0.05) is 31.7 Å². The molecule has 1 atom stereocenters. The maximum Gasteiger partial charge on any atom is 0.323 e. The van der Waals surface area contributed by atoms with Crippen LogP contribution >= 0.6 is 0 Å². The highest BCUT2D eigenvalue weighted by atomic mass is 16.1. The second-order valence-corrected chi connectivity index (χ2v) is 6.35. The zero-order valence-electron chi connectivity index (χ0n) is 12.7. The second kappa shape index (κ2) is 6.48. The standard InChI is InChI=1S/C17H25N3O/c1-12(18-10-4-7-13-5-2-3-6-13)14-8-9-15-16(11-14)20-17(21)19-15/h8-9,11-13,18H,2-7,10H2,1H3,(H2,19,20,21). The smallest absolute Gasteiger partial charge is 0.310 e. The molecule has 2 aromatic rings. The molecule has 3 rings (SSSR count). The molecule has 3 N–H and O–H groups in total. The number of benzene rings is 1. The van der Waals surface area contributed by atoms with Crippen molar-refractivity contribution in [3.8, 4) is 0 Å². The van der Waals surface area contributed by atoms with Crippen LogP contribution in [0, 0.1) is 5.92 Å². The van der Waals surface area contributed by atoms with Crippen LogP contribution in [0.3, 0.4) is 0 Å². The number of hydrogen-bond donors (Lipinski definition) is 3. The van der Waals surface area contributed by atoms with Crippen LogP contribution in [0.15, 0.2) is 23.0 Å². The first-order valence-corrected chi connectivity index (χ1v) is 8.18. The third-order valence-electron chi connectivity index (χ3n) is 4.75. The predicted molar refractivity (Wildman–Crippen MR) is 86.5 cm³/mol. The van der Waals surface area contributed by atoms with Crippen molar-refractivity contribution in [2.45, 2.75) is 51.5 Å². The van der Waals surface area contributed by atoms with Crippen LogP contribution in [0.25, 0.3) is 11.0 Å². The van der Waals surface area contributed by atoms with Gasteiger partial charge in [0.1, 0.15) is 0 Å². The van der Waals surface area contributed by atoms with Crippen LogP contribution in [0.4, 0.5) is 0 Å². The van der Waals surface area contributed by atoms with E-state index in [2.05, 4.69) is 34.3 Å². The summed E-state index contributed by atoms with van der Waals surface area (Å²) in [6.45, 7) is 3.25. The molecule has 0 aliphatic heterocycles. The van der Waals surface area contributed by atoms with Crippen molar-refractivity contribution in [1.82, 2.24) is 15.3 Å². The molecule has 21 heavy (non-hydrogen) atoms. The Balaban J connectivity index is 1.51. The molecule has 0 bridgehead atoms. The molecule has 1 saturated carbocycles. The largest absolute Gasteiger partial charge is 0.323 e. The zero-order chi connectivity index (χ0) is 14.7. The summed E-state index contributed by atoms with van der Waals surface area (Å²) in [5.41, 5.74) is 2.84. The SMILES string of the molecule is CC(NCCCC1CCCC1)c1ccc2[nH]c(=O)[nH]c2c1. The summed E-state index contributed by atoms with van der Waals surface area (Å²) in [4.78, 5) is 16.9.